The molecule has 0 aliphatic rings. The number of hydrogen-bond donors (Lipinski definition) is 1. The number of carboxylic acid groups (broad SMARTS) is 1. The SMILES string of the molecule is CC(Oc1ccc(Oc2cnc3cc(Cl)c(Cl)cc3n2)cc1)C(=O)O. The van der Waals surface area contributed by atoms with E-state index in [1.807, 2.05) is 0 Å². The van der Waals surface area contributed by atoms with Crippen LogP contribution >= 0.6 is 23.2 Å². The number of hydrogen-bond acceptors (Lipinski definition) is 5. The lowest BCUT2D eigenvalue weighted by atomic mass is 10.3. The fourth-order valence-electron chi connectivity index (χ4n) is 2.00. The summed E-state index contributed by atoms with van der Waals surface area (Å²) in [6.07, 6.45) is 0.540. The second-order valence-corrected chi connectivity index (χ2v) is 5.95. The fraction of sp³-hybridized carbons (Fsp3) is 0.118. The van der Waals surface area contributed by atoms with Crippen LogP contribution in [-0.4, -0.2) is 27.1 Å². The highest BCUT2D eigenvalue weighted by Crippen LogP contribution is 2.28. The molecule has 3 rings (SSSR count). The van der Waals surface area contributed by atoms with Crippen molar-refractivity contribution >= 4 is 40.2 Å². The predicted octanol–water partition coefficient (Wildman–Crippen LogP) is 4.58. The van der Waals surface area contributed by atoms with Gasteiger partial charge < -0.3 is 14.6 Å². The summed E-state index contributed by atoms with van der Waals surface area (Å²) < 4.78 is 10.9. The summed E-state index contributed by atoms with van der Waals surface area (Å²) in [4.78, 5) is 19.3. The molecule has 0 amide bonds. The maximum atomic E-state index is 10.8. The Kier molecular flexibility index (Phi) is 4.92. The standard InChI is InChI=1S/C17H12Cl2N2O4/c1-9(17(22)23)24-10-2-4-11(5-3-10)25-16-8-20-14-6-12(18)13(19)7-15(14)21-16/h2-9H,1H3,(H,22,23). The van der Waals surface area contributed by atoms with Gasteiger partial charge in [0.1, 0.15) is 11.5 Å². The summed E-state index contributed by atoms with van der Waals surface area (Å²) in [6.45, 7) is 1.45. The molecule has 0 aliphatic carbocycles. The van der Waals surface area contributed by atoms with E-state index < -0.39 is 12.1 Å². The van der Waals surface area contributed by atoms with Gasteiger partial charge in [0.2, 0.25) is 5.88 Å². The first-order chi connectivity index (χ1) is 11.9. The van der Waals surface area contributed by atoms with E-state index in [1.165, 1.54) is 13.1 Å². The molecule has 0 fully saturated rings. The fourth-order valence-corrected chi connectivity index (χ4v) is 2.32. The number of rotatable bonds is 5. The van der Waals surface area contributed by atoms with Gasteiger partial charge in [-0.15, -0.1) is 0 Å². The Morgan fingerprint density at radius 1 is 1.08 bits per heavy atom. The molecule has 128 valence electrons. The van der Waals surface area contributed by atoms with Crippen LogP contribution in [0.15, 0.2) is 42.6 Å². The molecule has 1 heterocycles. The lowest BCUT2D eigenvalue weighted by molar-refractivity contribution is -0.144. The molecule has 0 radical (unpaired) electrons. The minimum absolute atomic E-state index is 0.290. The Morgan fingerprint density at radius 3 is 2.32 bits per heavy atom. The van der Waals surface area contributed by atoms with Gasteiger partial charge >= 0.3 is 5.97 Å². The molecule has 0 saturated heterocycles. The van der Waals surface area contributed by atoms with Crippen LogP contribution in [0.4, 0.5) is 0 Å². The molecule has 0 bridgehead atoms. The summed E-state index contributed by atoms with van der Waals surface area (Å²) in [5.74, 6) is 0.182. The highest BCUT2D eigenvalue weighted by atomic mass is 35.5. The normalized spacial score (nSPS) is 12.0. The first kappa shape index (κ1) is 17.3. The number of benzene rings is 2. The Hall–Kier alpha value is -2.57. The third kappa shape index (κ3) is 4.10. The molecule has 2 aromatic carbocycles. The van der Waals surface area contributed by atoms with Crippen molar-refractivity contribution in [3.63, 3.8) is 0 Å². The van der Waals surface area contributed by atoms with Gasteiger partial charge in [0, 0.05) is 0 Å². The van der Waals surface area contributed by atoms with Gasteiger partial charge in [-0.25, -0.2) is 14.8 Å². The van der Waals surface area contributed by atoms with Gasteiger partial charge in [0.15, 0.2) is 6.10 Å². The van der Waals surface area contributed by atoms with Gasteiger partial charge in [0.25, 0.3) is 0 Å². The molecule has 3 aromatic rings. The van der Waals surface area contributed by atoms with Crippen molar-refractivity contribution in [2.24, 2.45) is 0 Å². The number of halogens is 2. The summed E-state index contributed by atoms with van der Waals surface area (Å²) in [6, 6.07) is 9.75. The van der Waals surface area contributed by atoms with Crippen molar-refractivity contribution < 1.29 is 19.4 Å². The van der Waals surface area contributed by atoms with E-state index in [4.69, 9.17) is 37.8 Å². The molecular weight excluding hydrogens is 367 g/mol. The Bertz CT molecular complexity index is 932. The molecule has 0 saturated carbocycles. The summed E-state index contributed by atoms with van der Waals surface area (Å²) >= 11 is 11.9. The van der Waals surface area contributed by atoms with Crippen LogP contribution in [0.5, 0.6) is 17.4 Å². The van der Waals surface area contributed by atoms with Crippen LogP contribution in [0.2, 0.25) is 10.0 Å². The largest absolute Gasteiger partial charge is 0.479 e. The number of nitrogens with zero attached hydrogens (tertiary/aromatic N) is 2. The highest BCUT2D eigenvalue weighted by molar-refractivity contribution is 6.42. The maximum Gasteiger partial charge on any atom is 0.344 e. The second-order valence-electron chi connectivity index (χ2n) is 5.14. The molecule has 1 atom stereocenters. The Labute approximate surface area is 152 Å². The van der Waals surface area contributed by atoms with E-state index in [1.54, 1.807) is 36.4 Å². The van der Waals surface area contributed by atoms with Crippen LogP contribution in [0.3, 0.4) is 0 Å². The van der Waals surface area contributed by atoms with Gasteiger partial charge in [0.05, 0.1) is 27.3 Å². The van der Waals surface area contributed by atoms with Crippen molar-refractivity contribution in [2.45, 2.75) is 13.0 Å². The van der Waals surface area contributed by atoms with Crippen molar-refractivity contribution in [1.82, 2.24) is 9.97 Å². The number of ether oxygens (including phenoxy) is 2. The maximum absolute atomic E-state index is 10.8. The zero-order valence-corrected chi connectivity index (χ0v) is 14.5. The van der Waals surface area contributed by atoms with E-state index in [9.17, 15) is 4.79 Å². The minimum atomic E-state index is -1.04. The monoisotopic (exact) mass is 378 g/mol. The van der Waals surface area contributed by atoms with Crippen LogP contribution in [0.1, 0.15) is 6.92 Å². The average molecular weight is 379 g/mol. The summed E-state index contributed by atoms with van der Waals surface area (Å²) in [5.41, 5.74) is 1.16. The van der Waals surface area contributed by atoms with E-state index in [2.05, 4.69) is 9.97 Å². The average Bonchev–Trinajstić information content (AvgIpc) is 2.58. The number of carboxylic acids is 1. The van der Waals surface area contributed by atoms with Gasteiger partial charge in [-0.1, -0.05) is 23.2 Å². The summed E-state index contributed by atoms with van der Waals surface area (Å²) in [5, 5.41) is 9.62. The zero-order chi connectivity index (χ0) is 18.0. The number of aromatic nitrogens is 2. The summed E-state index contributed by atoms with van der Waals surface area (Å²) in [7, 11) is 0. The Morgan fingerprint density at radius 2 is 1.68 bits per heavy atom. The van der Waals surface area contributed by atoms with Gasteiger partial charge in [-0.2, -0.15) is 0 Å². The molecule has 0 spiro atoms. The van der Waals surface area contributed by atoms with E-state index >= 15 is 0 Å². The number of fused-ring (bicyclic) bond motifs is 1. The lowest BCUT2D eigenvalue weighted by Crippen LogP contribution is -2.22. The topological polar surface area (TPSA) is 81.5 Å². The molecule has 1 N–H and O–H groups in total. The third-order valence-corrected chi connectivity index (χ3v) is 3.99. The van der Waals surface area contributed by atoms with E-state index in [0.717, 1.165) is 0 Å². The molecule has 1 unspecified atom stereocenters. The van der Waals surface area contributed by atoms with Crippen LogP contribution in [0.25, 0.3) is 11.0 Å². The third-order valence-electron chi connectivity index (χ3n) is 3.27. The van der Waals surface area contributed by atoms with Gasteiger partial charge in [-0.3, -0.25) is 0 Å². The minimum Gasteiger partial charge on any atom is -0.479 e. The van der Waals surface area contributed by atoms with Crippen LogP contribution < -0.4 is 9.47 Å². The second kappa shape index (κ2) is 7.13. The molecule has 25 heavy (non-hydrogen) atoms. The molecule has 1 aromatic heterocycles. The van der Waals surface area contributed by atoms with E-state index in [-0.39, 0.29) is 0 Å². The Balaban J connectivity index is 1.77. The predicted molar refractivity (Wildman–Crippen MR) is 93.8 cm³/mol. The van der Waals surface area contributed by atoms with Crippen molar-refractivity contribution in [3.05, 3.63) is 52.6 Å². The number of carbonyl (C=O) groups is 1. The first-order valence-electron chi connectivity index (χ1n) is 7.21. The van der Waals surface area contributed by atoms with Gasteiger partial charge in [-0.05, 0) is 43.3 Å². The van der Waals surface area contributed by atoms with Crippen molar-refractivity contribution in [2.75, 3.05) is 0 Å². The van der Waals surface area contributed by atoms with Crippen molar-refractivity contribution in [1.29, 1.82) is 0 Å². The molecule has 8 heteroatoms. The smallest absolute Gasteiger partial charge is 0.344 e. The van der Waals surface area contributed by atoms with Crippen LogP contribution in [-0.2, 0) is 4.79 Å². The first-order valence-corrected chi connectivity index (χ1v) is 7.97. The highest BCUT2D eigenvalue weighted by Gasteiger charge is 2.12. The van der Waals surface area contributed by atoms with Crippen molar-refractivity contribution in [3.8, 4) is 17.4 Å². The van der Waals surface area contributed by atoms with Crippen LogP contribution in [0, 0.1) is 0 Å². The quantitative estimate of drug-likeness (QED) is 0.699. The molecule has 0 aliphatic heterocycles. The molecular formula is C17H12Cl2N2O4. The lowest BCUT2D eigenvalue weighted by Gasteiger charge is -2.11. The molecule has 6 nitrogen and oxygen atoms in total. The zero-order valence-electron chi connectivity index (χ0n) is 12.9. The van der Waals surface area contributed by atoms with E-state index in [0.29, 0.717) is 38.5 Å². The number of aliphatic carboxylic acids is 1.